The summed E-state index contributed by atoms with van der Waals surface area (Å²) in [4.78, 5) is 42.7. The van der Waals surface area contributed by atoms with Crippen LogP contribution in [0.3, 0.4) is 0 Å². The SMILES string of the molecule is CCC(=O)N1CCc2cc(C(=O)N3CCN(C(=O)CCC(C)C)CC3)ccc21. The van der Waals surface area contributed by atoms with Crippen molar-refractivity contribution < 1.29 is 14.4 Å². The van der Waals surface area contributed by atoms with Crippen LogP contribution in [0.15, 0.2) is 18.2 Å². The van der Waals surface area contributed by atoms with Gasteiger partial charge in [-0.1, -0.05) is 20.8 Å². The largest absolute Gasteiger partial charge is 0.339 e. The normalized spacial score (nSPS) is 16.5. The van der Waals surface area contributed by atoms with Gasteiger partial charge in [0.05, 0.1) is 0 Å². The first kappa shape index (κ1) is 20.4. The maximum Gasteiger partial charge on any atom is 0.253 e. The molecule has 1 saturated heterocycles. The topological polar surface area (TPSA) is 60.9 Å². The number of carbonyl (C=O) groups is 3. The molecule has 0 N–H and O–H groups in total. The summed E-state index contributed by atoms with van der Waals surface area (Å²) in [5.74, 6) is 0.850. The minimum Gasteiger partial charge on any atom is -0.339 e. The van der Waals surface area contributed by atoms with Crippen molar-refractivity contribution in [3.8, 4) is 0 Å². The van der Waals surface area contributed by atoms with Gasteiger partial charge in [0.25, 0.3) is 5.91 Å². The minimum absolute atomic E-state index is 0.0114. The Kier molecular flexibility index (Phi) is 6.37. The quantitative estimate of drug-likeness (QED) is 0.783. The zero-order valence-electron chi connectivity index (χ0n) is 17.2. The highest BCUT2D eigenvalue weighted by Crippen LogP contribution is 2.30. The third-order valence-electron chi connectivity index (χ3n) is 5.68. The van der Waals surface area contributed by atoms with E-state index in [0.717, 1.165) is 24.1 Å². The fourth-order valence-corrected chi connectivity index (χ4v) is 3.90. The number of hydrogen-bond acceptors (Lipinski definition) is 3. The van der Waals surface area contributed by atoms with Gasteiger partial charge in [-0.3, -0.25) is 14.4 Å². The average Bonchev–Trinajstić information content (AvgIpc) is 3.14. The zero-order chi connectivity index (χ0) is 20.3. The average molecular weight is 386 g/mol. The van der Waals surface area contributed by atoms with E-state index in [1.165, 1.54) is 0 Å². The Morgan fingerprint density at radius 1 is 0.964 bits per heavy atom. The van der Waals surface area contributed by atoms with E-state index in [9.17, 15) is 14.4 Å². The van der Waals surface area contributed by atoms with Crippen molar-refractivity contribution >= 4 is 23.4 Å². The Labute approximate surface area is 167 Å². The Bertz CT molecular complexity index is 751. The Morgan fingerprint density at radius 2 is 1.64 bits per heavy atom. The minimum atomic E-state index is 0.0114. The number of amides is 3. The van der Waals surface area contributed by atoms with E-state index in [1.54, 1.807) is 0 Å². The van der Waals surface area contributed by atoms with Gasteiger partial charge in [0.15, 0.2) is 0 Å². The molecule has 0 aromatic heterocycles. The molecule has 3 amide bonds. The van der Waals surface area contributed by atoms with Gasteiger partial charge in [-0.05, 0) is 42.5 Å². The maximum absolute atomic E-state index is 12.9. The second-order valence-electron chi connectivity index (χ2n) is 8.10. The molecule has 2 aliphatic rings. The van der Waals surface area contributed by atoms with Crippen LogP contribution >= 0.6 is 0 Å². The summed E-state index contributed by atoms with van der Waals surface area (Å²) in [6.45, 7) is 9.16. The number of fused-ring (bicyclic) bond motifs is 1. The molecule has 1 aromatic carbocycles. The van der Waals surface area contributed by atoms with Crippen LogP contribution in [0.2, 0.25) is 0 Å². The van der Waals surface area contributed by atoms with Crippen LogP contribution in [-0.4, -0.2) is 60.2 Å². The fourth-order valence-electron chi connectivity index (χ4n) is 3.90. The summed E-state index contributed by atoms with van der Waals surface area (Å²) < 4.78 is 0. The highest BCUT2D eigenvalue weighted by molar-refractivity contribution is 5.98. The van der Waals surface area contributed by atoms with Crippen molar-refractivity contribution in [1.82, 2.24) is 9.80 Å². The molecule has 0 spiro atoms. The van der Waals surface area contributed by atoms with Crippen molar-refractivity contribution in [2.45, 2.75) is 46.5 Å². The molecule has 3 rings (SSSR count). The molecule has 0 saturated carbocycles. The predicted molar refractivity (Wildman–Crippen MR) is 109 cm³/mol. The second kappa shape index (κ2) is 8.76. The highest BCUT2D eigenvalue weighted by atomic mass is 16.2. The van der Waals surface area contributed by atoms with Crippen LogP contribution < -0.4 is 4.90 Å². The molecule has 2 heterocycles. The van der Waals surface area contributed by atoms with Crippen molar-refractivity contribution in [3.05, 3.63) is 29.3 Å². The van der Waals surface area contributed by atoms with Crippen LogP contribution in [-0.2, 0) is 16.0 Å². The Hall–Kier alpha value is -2.37. The van der Waals surface area contributed by atoms with Crippen molar-refractivity contribution in [2.24, 2.45) is 5.92 Å². The van der Waals surface area contributed by atoms with Crippen molar-refractivity contribution in [2.75, 3.05) is 37.6 Å². The monoisotopic (exact) mass is 385 g/mol. The smallest absolute Gasteiger partial charge is 0.253 e. The Balaban J connectivity index is 1.59. The standard InChI is InChI=1S/C22H31N3O3/c1-4-20(26)25-10-9-17-15-18(6-7-19(17)25)22(28)24-13-11-23(12-14-24)21(27)8-5-16(2)3/h6-7,15-16H,4-5,8-14H2,1-3H3. The van der Waals surface area contributed by atoms with Gasteiger partial charge in [0.1, 0.15) is 0 Å². The summed E-state index contributed by atoms with van der Waals surface area (Å²) in [5.41, 5.74) is 2.67. The molecule has 1 aromatic rings. The van der Waals surface area contributed by atoms with E-state index in [1.807, 2.05) is 39.8 Å². The first-order valence-corrected chi connectivity index (χ1v) is 10.4. The van der Waals surface area contributed by atoms with Crippen molar-refractivity contribution in [1.29, 1.82) is 0 Å². The van der Waals surface area contributed by atoms with E-state index in [-0.39, 0.29) is 17.7 Å². The maximum atomic E-state index is 12.9. The molecule has 6 heteroatoms. The lowest BCUT2D eigenvalue weighted by Crippen LogP contribution is -2.50. The first-order chi connectivity index (χ1) is 13.4. The summed E-state index contributed by atoms with van der Waals surface area (Å²) >= 11 is 0. The summed E-state index contributed by atoms with van der Waals surface area (Å²) in [7, 11) is 0. The van der Waals surface area contributed by atoms with Gasteiger partial charge in [-0.15, -0.1) is 0 Å². The lowest BCUT2D eigenvalue weighted by Gasteiger charge is -2.35. The molecular weight excluding hydrogens is 354 g/mol. The van der Waals surface area contributed by atoms with Crippen molar-refractivity contribution in [3.63, 3.8) is 0 Å². The van der Waals surface area contributed by atoms with Crippen LogP contribution in [0, 0.1) is 5.92 Å². The molecule has 2 aliphatic heterocycles. The molecule has 0 bridgehead atoms. The molecule has 1 fully saturated rings. The van der Waals surface area contributed by atoms with E-state index >= 15 is 0 Å². The van der Waals surface area contributed by atoms with Gasteiger partial charge >= 0.3 is 0 Å². The van der Waals surface area contributed by atoms with Gasteiger partial charge in [0.2, 0.25) is 11.8 Å². The van der Waals surface area contributed by atoms with E-state index in [4.69, 9.17) is 0 Å². The third-order valence-corrected chi connectivity index (χ3v) is 5.68. The molecule has 0 atom stereocenters. The number of benzene rings is 1. The van der Waals surface area contributed by atoms with E-state index in [0.29, 0.717) is 57.0 Å². The van der Waals surface area contributed by atoms with Gasteiger partial charge < -0.3 is 14.7 Å². The molecule has 0 radical (unpaired) electrons. The predicted octanol–water partition coefficient (Wildman–Crippen LogP) is 2.71. The number of rotatable bonds is 5. The van der Waals surface area contributed by atoms with Crippen LogP contribution in [0.25, 0.3) is 0 Å². The highest BCUT2D eigenvalue weighted by Gasteiger charge is 2.27. The first-order valence-electron chi connectivity index (χ1n) is 10.4. The van der Waals surface area contributed by atoms with Crippen LogP contribution in [0.4, 0.5) is 5.69 Å². The van der Waals surface area contributed by atoms with Crippen LogP contribution in [0.1, 0.15) is 56.0 Å². The summed E-state index contributed by atoms with van der Waals surface area (Å²) in [6, 6.07) is 5.65. The van der Waals surface area contributed by atoms with Crippen LogP contribution in [0.5, 0.6) is 0 Å². The van der Waals surface area contributed by atoms with Gasteiger partial charge in [-0.25, -0.2) is 0 Å². The molecule has 6 nitrogen and oxygen atoms in total. The number of nitrogens with zero attached hydrogens (tertiary/aromatic N) is 3. The second-order valence-corrected chi connectivity index (χ2v) is 8.10. The number of piperazine rings is 1. The lowest BCUT2D eigenvalue weighted by molar-refractivity contribution is -0.133. The molecular formula is C22H31N3O3. The molecule has 0 aliphatic carbocycles. The molecule has 0 unspecified atom stereocenters. The molecule has 28 heavy (non-hydrogen) atoms. The fraction of sp³-hybridized carbons (Fsp3) is 0.591. The van der Waals surface area contributed by atoms with E-state index in [2.05, 4.69) is 13.8 Å². The zero-order valence-corrected chi connectivity index (χ0v) is 17.2. The number of carbonyl (C=O) groups excluding carboxylic acids is 3. The summed E-state index contributed by atoms with van der Waals surface area (Å²) in [5, 5.41) is 0. The third kappa shape index (κ3) is 4.37. The van der Waals surface area contributed by atoms with Gasteiger partial charge in [-0.2, -0.15) is 0 Å². The van der Waals surface area contributed by atoms with E-state index < -0.39 is 0 Å². The number of anilines is 1. The van der Waals surface area contributed by atoms with Gasteiger partial charge in [0, 0.05) is 56.8 Å². The lowest BCUT2D eigenvalue weighted by atomic mass is 10.1. The Morgan fingerprint density at radius 3 is 2.29 bits per heavy atom. The number of hydrogen-bond donors (Lipinski definition) is 0. The summed E-state index contributed by atoms with van der Waals surface area (Å²) in [6.07, 6.45) is 2.77. The molecule has 152 valence electrons.